The van der Waals surface area contributed by atoms with E-state index in [1.54, 1.807) is 0 Å². The lowest BCUT2D eigenvalue weighted by atomic mass is 9.85. The second kappa shape index (κ2) is 9.70. The molecule has 2 heterocycles. The Morgan fingerprint density at radius 1 is 1.16 bits per heavy atom. The van der Waals surface area contributed by atoms with Crippen LogP contribution in [0.5, 0.6) is 0 Å². The van der Waals surface area contributed by atoms with Gasteiger partial charge in [0.25, 0.3) is 0 Å². The van der Waals surface area contributed by atoms with Crippen molar-refractivity contribution in [1.29, 1.82) is 0 Å². The van der Waals surface area contributed by atoms with Gasteiger partial charge < -0.3 is 10.6 Å². The van der Waals surface area contributed by atoms with Gasteiger partial charge in [-0.1, -0.05) is 12.2 Å². The molecule has 4 rings (SSSR count). The molecule has 1 aromatic rings. The number of carbonyl (C=O) groups is 2. The fraction of sp³-hybridized carbons (Fsp3) is 0.636. The molecule has 2 N–H and O–H groups in total. The summed E-state index contributed by atoms with van der Waals surface area (Å²) in [4.78, 5) is 31.7. The number of fused-ring (bicyclic) bond motifs is 5. The van der Waals surface area contributed by atoms with Crippen LogP contribution in [0.4, 0.5) is 0 Å². The topological polar surface area (TPSA) is 91.6 Å². The van der Waals surface area contributed by atoms with Gasteiger partial charge in [-0.05, 0) is 51.0 Å². The molecule has 170 valence electrons. The average molecular weight is 540 g/mol. The van der Waals surface area contributed by atoms with E-state index in [1.165, 1.54) is 16.2 Å². The van der Waals surface area contributed by atoms with Crippen molar-refractivity contribution in [2.45, 2.75) is 33.6 Å². The maximum Gasteiger partial charge on any atom is 0.233 e. The van der Waals surface area contributed by atoms with Crippen molar-refractivity contribution < 1.29 is 9.59 Å². The predicted molar refractivity (Wildman–Crippen MR) is 130 cm³/mol. The molecule has 3 aliphatic rings. The summed E-state index contributed by atoms with van der Waals surface area (Å²) in [5.41, 5.74) is 3.45. The third-order valence-corrected chi connectivity index (χ3v) is 6.82. The van der Waals surface area contributed by atoms with Crippen LogP contribution >= 0.6 is 24.0 Å². The molecule has 2 aliphatic carbocycles. The standard InChI is InChI=1S/C22H32N6O2.HI/c1-5-23-22(24-9-8-17-13(2)26-27(4)14(17)3)25-10-11-28-20(29)18-15-6-7-16(12-15)19(18)21(28)30;/h6-7,15-16,18-19H,5,8-12H2,1-4H3,(H2,23,24,25);1H. The zero-order valence-electron chi connectivity index (χ0n) is 18.7. The van der Waals surface area contributed by atoms with Crippen LogP contribution in [0.2, 0.25) is 0 Å². The first-order valence-corrected chi connectivity index (χ1v) is 11.0. The molecule has 2 bridgehead atoms. The summed E-state index contributed by atoms with van der Waals surface area (Å²) in [6, 6.07) is 0. The summed E-state index contributed by atoms with van der Waals surface area (Å²) >= 11 is 0. The number of halogens is 1. The van der Waals surface area contributed by atoms with E-state index in [9.17, 15) is 9.59 Å². The SMILES string of the molecule is CCNC(=NCCc1c(C)nn(C)c1C)NCCN1C(=O)C2C3C=CC(C3)C2C1=O.I. The number of amides is 2. The van der Waals surface area contributed by atoms with E-state index in [2.05, 4.69) is 39.8 Å². The number of allylic oxidation sites excluding steroid dienone is 2. The Morgan fingerprint density at radius 2 is 1.81 bits per heavy atom. The lowest BCUT2D eigenvalue weighted by Crippen LogP contribution is -2.43. The van der Waals surface area contributed by atoms with Gasteiger partial charge in [-0.2, -0.15) is 5.10 Å². The van der Waals surface area contributed by atoms with E-state index in [1.807, 2.05) is 25.6 Å². The summed E-state index contributed by atoms with van der Waals surface area (Å²) in [5.74, 6) is 0.986. The van der Waals surface area contributed by atoms with E-state index >= 15 is 0 Å². The molecule has 1 saturated heterocycles. The summed E-state index contributed by atoms with van der Waals surface area (Å²) in [7, 11) is 1.96. The van der Waals surface area contributed by atoms with E-state index in [4.69, 9.17) is 0 Å². The van der Waals surface area contributed by atoms with Crippen LogP contribution in [0.15, 0.2) is 17.1 Å². The fourth-order valence-corrected chi connectivity index (χ4v) is 5.27. The number of nitrogens with zero attached hydrogens (tertiary/aromatic N) is 4. The zero-order chi connectivity index (χ0) is 21.4. The number of hydrogen-bond donors (Lipinski definition) is 2. The number of guanidine groups is 1. The molecule has 9 heteroatoms. The Kier molecular flexibility index (Phi) is 7.43. The Bertz CT molecular complexity index is 878. The summed E-state index contributed by atoms with van der Waals surface area (Å²) < 4.78 is 1.90. The molecule has 0 spiro atoms. The molecular formula is C22H33IN6O2. The minimum atomic E-state index is -0.125. The Hall–Kier alpha value is -1.91. The molecular weight excluding hydrogens is 507 g/mol. The van der Waals surface area contributed by atoms with Crippen molar-refractivity contribution in [3.8, 4) is 0 Å². The first kappa shape index (κ1) is 23.7. The number of aryl methyl sites for hydroxylation is 2. The van der Waals surface area contributed by atoms with Gasteiger partial charge in [0, 0.05) is 38.9 Å². The largest absolute Gasteiger partial charge is 0.357 e. The van der Waals surface area contributed by atoms with Gasteiger partial charge in [0.15, 0.2) is 5.96 Å². The molecule has 2 amide bonds. The van der Waals surface area contributed by atoms with Crippen LogP contribution in [-0.4, -0.2) is 58.6 Å². The van der Waals surface area contributed by atoms with Crippen molar-refractivity contribution >= 4 is 41.8 Å². The molecule has 4 atom stereocenters. The highest BCUT2D eigenvalue weighted by Crippen LogP contribution is 2.52. The first-order valence-electron chi connectivity index (χ1n) is 11.0. The van der Waals surface area contributed by atoms with Gasteiger partial charge >= 0.3 is 0 Å². The van der Waals surface area contributed by atoms with E-state index in [0.717, 1.165) is 25.1 Å². The molecule has 4 unspecified atom stereocenters. The maximum atomic E-state index is 12.8. The molecule has 31 heavy (non-hydrogen) atoms. The first-order chi connectivity index (χ1) is 14.4. The summed E-state index contributed by atoms with van der Waals surface area (Å²) in [6.07, 6.45) is 6.04. The van der Waals surface area contributed by atoms with Crippen LogP contribution in [0.25, 0.3) is 0 Å². The number of carbonyl (C=O) groups excluding carboxylic acids is 2. The molecule has 1 aliphatic heterocycles. The van der Waals surface area contributed by atoms with Gasteiger partial charge in [-0.3, -0.25) is 24.2 Å². The smallest absolute Gasteiger partial charge is 0.233 e. The minimum Gasteiger partial charge on any atom is -0.357 e. The lowest BCUT2D eigenvalue weighted by Gasteiger charge is -2.18. The van der Waals surface area contributed by atoms with Gasteiger partial charge in [0.2, 0.25) is 11.8 Å². The lowest BCUT2D eigenvalue weighted by molar-refractivity contribution is -0.140. The fourth-order valence-electron chi connectivity index (χ4n) is 5.27. The number of rotatable bonds is 7. The Morgan fingerprint density at radius 3 is 2.35 bits per heavy atom. The highest BCUT2D eigenvalue weighted by atomic mass is 127. The van der Waals surface area contributed by atoms with Crippen molar-refractivity contribution in [2.24, 2.45) is 35.7 Å². The Labute approximate surface area is 200 Å². The molecule has 2 fully saturated rings. The Balaban J connectivity index is 0.00000272. The van der Waals surface area contributed by atoms with Crippen molar-refractivity contribution in [3.05, 3.63) is 29.1 Å². The van der Waals surface area contributed by atoms with Gasteiger partial charge in [-0.25, -0.2) is 0 Å². The van der Waals surface area contributed by atoms with Crippen LogP contribution in [0.3, 0.4) is 0 Å². The van der Waals surface area contributed by atoms with Gasteiger partial charge in [-0.15, -0.1) is 24.0 Å². The van der Waals surface area contributed by atoms with Crippen LogP contribution in [0.1, 0.15) is 30.3 Å². The van der Waals surface area contributed by atoms with Gasteiger partial charge in [0.1, 0.15) is 0 Å². The quantitative estimate of drug-likeness (QED) is 0.180. The molecule has 1 aromatic heterocycles. The second-order valence-corrected chi connectivity index (χ2v) is 8.54. The molecule has 0 aromatic carbocycles. The van der Waals surface area contributed by atoms with Crippen LogP contribution < -0.4 is 10.6 Å². The number of hydrogen-bond acceptors (Lipinski definition) is 4. The number of nitrogens with one attached hydrogen (secondary N) is 2. The number of aliphatic imine (C=N–C) groups is 1. The van der Waals surface area contributed by atoms with Crippen molar-refractivity contribution in [3.63, 3.8) is 0 Å². The monoisotopic (exact) mass is 540 g/mol. The van der Waals surface area contributed by atoms with E-state index < -0.39 is 0 Å². The van der Waals surface area contributed by atoms with Crippen LogP contribution in [0, 0.1) is 37.5 Å². The van der Waals surface area contributed by atoms with Crippen molar-refractivity contribution in [1.82, 2.24) is 25.3 Å². The maximum absolute atomic E-state index is 12.8. The normalized spacial score (nSPS) is 26.5. The highest BCUT2D eigenvalue weighted by Gasteiger charge is 2.58. The van der Waals surface area contributed by atoms with E-state index in [0.29, 0.717) is 25.6 Å². The number of imide groups is 1. The molecule has 1 saturated carbocycles. The zero-order valence-corrected chi connectivity index (χ0v) is 21.1. The second-order valence-electron chi connectivity index (χ2n) is 8.54. The van der Waals surface area contributed by atoms with E-state index in [-0.39, 0.29) is 59.5 Å². The summed E-state index contributed by atoms with van der Waals surface area (Å²) in [6.45, 7) is 8.39. The number of aromatic nitrogens is 2. The predicted octanol–water partition coefficient (Wildman–Crippen LogP) is 1.56. The third kappa shape index (κ3) is 4.38. The number of likely N-dealkylation sites (tertiary alicyclic amines) is 1. The minimum absolute atomic E-state index is 0. The van der Waals surface area contributed by atoms with Crippen LogP contribution in [-0.2, 0) is 23.1 Å². The highest BCUT2D eigenvalue weighted by molar-refractivity contribution is 14.0. The molecule has 0 radical (unpaired) electrons. The van der Waals surface area contributed by atoms with Gasteiger partial charge in [0.05, 0.1) is 17.5 Å². The van der Waals surface area contributed by atoms with Crippen molar-refractivity contribution in [2.75, 3.05) is 26.2 Å². The third-order valence-electron chi connectivity index (χ3n) is 6.82. The average Bonchev–Trinajstić information content (AvgIpc) is 3.44. The summed E-state index contributed by atoms with van der Waals surface area (Å²) in [5, 5.41) is 11.0. The molecule has 8 nitrogen and oxygen atoms in total.